The number of benzene rings is 1. The van der Waals surface area contributed by atoms with Crippen LogP contribution in [0.3, 0.4) is 0 Å². The molecule has 1 aromatic heterocycles. The smallest absolute Gasteiger partial charge is 0.137 e. The highest BCUT2D eigenvalue weighted by atomic mass is 16.5. The molecule has 7 nitrogen and oxygen atoms in total. The van der Waals surface area contributed by atoms with Gasteiger partial charge in [0.15, 0.2) is 0 Å². The van der Waals surface area contributed by atoms with E-state index in [1.807, 2.05) is 28.9 Å². The van der Waals surface area contributed by atoms with Crippen molar-refractivity contribution in [2.45, 2.75) is 25.5 Å². The SMILES string of the molecule is COc1ccc(OCC(O)CN2CCCC(Cn3cncn3)C2)cc1. The van der Waals surface area contributed by atoms with Gasteiger partial charge in [0.1, 0.15) is 36.9 Å². The quantitative estimate of drug-likeness (QED) is 0.780. The molecular formula is C18H26N4O3. The molecule has 0 spiro atoms. The fraction of sp³-hybridized carbons (Fsp3) is 0.556. The van der Waals surface area contributed by atoms with Gasteiger partial charge in [-0.1, -0.05) is 0 Å². The number of β-amino-alcohol motifs (C(OH)–C–C–N with tert-alkyl or cyclic N) is 1. The van der Waals surface area contributed by atoms with Crippen molar-refractivity contribution in [3.8, 4) is 11.5 Å². The molecule has 0 amide bonds. The molecule has 0 radical (unpaired) electrons. The van der Waals surface area contributed by atoms with Crippen LogP contribution in [-0.2, 0) is 6.54 Å². The van der Waals surface area contributed by atoms with Crippen molar-refractivity contribution < 1.29 is 14.6 Å². The van der Waals surface area contributed by atoms with Gasteiger partial charge in [0, 0.05) is 19.6 Å². The third kappa shape index (κ3) is 5.44. The van der Waals surface area contributed by atoms with Crippen molar-refractivity contribution in [1.29, 1.82) is 0 Å². The van der Waals surface area contributed by atoms with Crippen molar-refractivity contribution in [1.82, 2.24) is 19.7 Å². The van der Waals surface area contributed by atoms with Gasteiger partial charge in [-0.3, -0.25) is 4.68 Å². The van der Waals surface area contributed by atoms with E-state index in [1.165, 1.54) is 6.42 Å². The summed E-state index contributed by atoms with van der Waals surface area (Å²) in [6.07, 6.45) is 5.16. The summed E-state index contributed by atoms with van der Waals surface area (Å²) >= 11 is 0. The van der Waals surface area contributed by atoms with Gasteiger partial charge >= 0.3 is 0 Å². The fourth-order valence-electron chi connectivity index (χ4n) is 3.27. The Balaban J connectivity index is 1.41. The van der Waals surface area contributed by atoms with Gasteiger partial charge in [-0.15, -0.1) is 0 Å². The lowest BCUT2D eigenvalue weighted by Crippen LogP contribution is -2.42. The van der Waals surface area contributed by atoms with Crippen molar-refractivity contribution in [3.05, 3.63) is 36.9 Å². The molecule has 0 saturated carbocycles. The van der Waals surface area contributed by atoms with Crippen LogP contribution in [0.5, 0.6) is 11.5 Å². The average molecular weight is 346 g/mol. The third-order valence-corrected chi connectivity index (χ3v) is 4.49. The molecule has 1 N–H and O–H groups in total. The van der Waals surface area contributed by atoms with E-state index >= 15 is 0 Å². The molecule has 1 aromatic carbocycles. The maximum atomic E-state index is 10.3. The molecular weight excluding hydrogens is 320 g/mol. The highest BCUT2D eigenvalue weighted by Crippen LogP contribution is 2.19. The van der Waals surface area contributed by atoms with Gasteiger partial charge in [-0.05, 0) is 49.6 Å². The summed E-state index contributed by atoms with van der Waals surface area (Å²) in [4.78, 5) is 6.31. The van der Waals surface area contributed by atoms with Gasteiger partial charge in [0.05, 0.1) is 7.11 Å². The van der Waals surface area contributed by atoms with E-state index in [0.717, 1.165) is 37.6 Å². The Kier molecular flexibility index (Phi) is 6.25. The minimum absolute atomic E-state index is 0.288. The standard InChI is InChI=1S/C18H26N4O3/c1-24-17-4-6-18(7-5-17)25-12-16(23)11-21-8-2-3-15(9-21)10-22-14-19-13-20-22/h4-7,13-16,23H,2-3,8-12H2,1H3. The van der Waals surface area contributed by atoms with E-state index < -0.39 is 6.10 Å². The second kappa shape index (κ2) is 8.82. The van der Waals surface area contributed by atoms with Gasteiger partial charge in [-0.25, -0.2) is 4.98 Å². The van der Waals surface area contributed by atoms with Gasteiger partial charge in [0.25, 0.3) is 0 Å². The number of methoxy groups -OCH3 is 1. The molecule has 136 valence electrons. The number of hydrogen-bond donors (Lipinski definition) is 1. The van der Waals surface area contributed by atoms with Crippen LogP contribution >= 0.6 is 0 Å². The summed E-state index contributed by atoms with van der Waals surface area (Å²) in [5.41, 5.74) is 0. The summed E-state index contributed by atoms with van der Waals surface area (Å²) in [5.74, 6) is 2.08. The van der Waals surface area contributed by atoms with Crippen LogP contribution in [0.2, 0.25) is 0 Å². The molecule has 25 heavy (non-hydrogen) atoms. The molecule has 0 bridgehead atoms. The van der Waals surface area contributed by atoms with Gasteiger partial charge in [0.2, 0.25) is 0 Å². The molecule has 1 aliphatic rings. The van der Waals surface area contributed by atoms with E-state index in [2.05, 4.69) is 15.0 Å². The van der Waals surface area contributed by atoms with E-state index in [9.17, 15) is 5.11 Å². The predicted molar refractivity (Wildman–Crippen MR) is 93.7 cm³/mol. The zero-order valence-electron chi connectivity index (χ0n) is 14.6. The van der Waals surface area contributed by atoms with Gasteiger partial charge in [-0.2, -0.15) is 5.10 Å². The van der Waals surface area contributed by atoms with Crippen LogP contribution < -0.4 is 9.47 Å². The normalized spacial score (nSPS) is 19.5. The van der Waals surface area contributed by atoms with Crippen LogP contribution in [0.1, 0.15) is 12.8 Å². The lowest BCUT2D eigenvalue weighted by Gasteiger charge is -2.33. The lowest BCUT2D eigenvalue weighted by atomic mass is 9.98. The Morgan fingerprint density at radius 3 is 2.80 bits per heavy atom. The van der Waals surface area contributed by atoms with Crippen molar-refractivity contribution in [2.24, 2.45) is 5.92 Å². The first-order valence-corrected chi connectivity index (χ1v) is 8.72. The second-order valence-electron chi connectivity index (χ2n) is 6.53. The lowest BCUT2D eigenvalue weighted by molar-refractivity contribution is 0.0494. The minimum atomic E-state index is -0.507. The van der Waals surface area contributed by atoms with Crippen molar-refractivity contribution in [2.75, 3.05) is 33.4 Å². The number of hydrogen-bond acceptors (Lipinski definition) is 6. The molecule has 2 heterocycles. The highest BCUT2D eigenvalue weighted by molar-refractivity contribution is 5.31. The summed E-state index contributed by atoms with van der Waals surface area (Å²) in [7, 11) is 1.63. The number of aliphatic hydroxyl groups excluding tert-OH is 1. The number of aliphatic hydroxyl groups is 1. The number of rotatable bonds is 8. The fourth-order valence-corrected chi connectivity index (χ4v) is 3.27. The zero-order valence-corrected chi connectivity index (χ0v) is 14.6. The molecule has 2 unspecified atom stereocenters. The summed E-state index contributed by atoms with van der Waals surface area (Å²) in [6, 6.07) is 7.39. The molecule has 7 heteroatoms. The number of aromatic nitrogens is 3. The topological polar surface area (TPSA) is 72.6 Å². The summed E-state index contributed by atoms with van der Waals surface area (Å²) in [5, 5.41) is 14.5. The minimum Gasteiger partial charge on any atom is -0.497 e. The van der Waals surface area contributed by atoms with Gasteiger partial charge < -0.3 is 19.5 Å². The van der Waals surface area contributed by atoms with Crippen molar-refractivity contribution in [3.63, 3.8) is 0 Å². The first-order valence-electron chi connectivity index (χ1n) is 8.72. The summed E-state index contributed by atoms with van der Waals surface area (Å²) in [6.45, 7) is 3.79. The molecule has 1 aliphatic heterocycles. The Labute approximate surface area is 148 Å². The number of ether oxygens (including phenoxy) is 2. The molecule has 3 rings (SSSR count). The Hall–Kier alpha value is -2.12. The number of nitrogens with zero attached hydrogens (tertiary/aromatic N) is 4. The second-order valence-corrected chi connectivity index (χ2v) is 6.53. The maximum Gasteiger partial charge on any atom is 0.137 e. The van der Waals surface area contributed by atoms with Crippen LogP contribution in [0.25, 0.3) is 0 Å². The largest absolute Gasteiger partial charge is 0.497 e. The molecule has 2 aromatic rings. The Morgan fingerprint density at radius 2 is 2.08 bits per heavy atom. The first kappa shape index (κ1) is 17.7. The third-order valence-electron chi connectivity index (χ3n) is 4.49. The molecule has 1 fully saturated rings. The molecule has 2 atom stereocenters. The van der Waals surface area contributed by atoms with E-state index in [4.69, 9.17) is 9.47 Å². The van der Waals surface area contributed by atoms with Crippen molar-refractivity contribution >= 4 is 0 Å². The zero-order chi connectivity index (χ0) is 17.5. The maximum absolute atomic E-state index is 10.3. The highest BCUT2D eigenvalue weighted by Gasteiger charge is 2.22. The monoisotopic (exact) mass is 346 g/mol. The Bertz CT molecular complexity index is 618. The average Bonchev–Trinajstić information content (AvgIpc) is 3.14. The summed E-state index contributed by atoms with van der Waals surface area (Å²) < 4.78 is 12.7. The van der Waals surface area contributed by atoms with Crippen LogP contribution in [-0.4, -0.2) is 64.2 Å². The van der Waals surface area contributed by atoms with E-state index in [-0.39, 0.29) is 6.61 Å². The van der Waals surface area contributed by atoms with E-state index in [0.29, 0.717) is 12.5 Å². The Morgan fingerprint density at radius 1 is 1.28 bits per heavy atom. The number of piperidine rings is 1. The first-order chi connectivity index (χ1) is 12.2. The predicted octanol–water partition coefficient (Wildman–Crippen LogP) is 1.44. The number of likely N-dealkylation sites (tertiary alicyclic amines) is 1. The van der Waals surface area contributed by atoms with Crippen LogP contribution in [0, 0.1) is 5.92 Å². The molecule has 1 saturated heterocycles. The molecule has 0 aliphatic carbocycles. The van der Waals surface area contributed by atoms with E-state index in [1.54, 1.807) is 19.8 Å². The van der Waals surface area contributed by atoms with Crippen LogP contribution in [0.15, 0.2) is 36.9 Å². The van der Waals surface area contributed by atoms with Crippen LogP contribution in [0.4, 0.5) is 0 Å².